The van der Waals surface area contributed by atoms with E-state index in [4.69, 9.17) is 0 Å². The van der Waals surface area contributed by atoms with Crippen molar-refractivity contribution in [1.29, 1.82) is 0 Å². The molecule has 102 valence electrons. The second-order valence-electron chi connectivity index (χ2n) is 4.70. The van der Waals surface area contributed by atoms with Gasteiger partial charge in [-0.3, -0.25) is 9.48 Å². The second-order valence-corrected chi connectivity index (χ2v) is 4.70. The van der Waals surface area contributed by atoms with Gasteiger partial charge in [-0.05, 0) is 25.3 Å². The summed E-state index contributed by atoms with van der Waals surface area (Å²) in [5, 5.41) is 16.4. The molecule has 2 N–H and O–H groups in total. The van der Waals surface area contributed by atoms with Crippen molar-refractivity contribution in [3.05, 3.63) is 17.5 Å². The number of aliphatic hydroxyl groups is 1. The van der Waals surface area contributed by atoms with E-state index in [1.165, 1.54) is 0 Å². The van der Waals surface area contributed by atoms with Gasteiger partial charge in [0.15, 0.2) is 0 Å². The molecule has 1 heterocycles. The minimum absolute atomic E-state index is 0.0513. The number of nitrogens with one attached hydrogen (secondary N) is 1. The average Bonchev–Trinajstić information content (AvgIpc) is 2.78. The van der Waals surface area contributed by atoms with E-state index in [2.05, 4.69) is 10.4 Å². The van der Waals surface area contributed by atoms with Crippen LogP contribution in [0.15, 0.2) is 6.07 Å². The lowest BCUT2D eigenvalue weighted by Gasteiger charge is -2.19. The Bertz CT molecular complexity index is 399. The fraction of sp³-hybridized carbons (Fsp3) is 0.692. The van der Waals surface area contributed by atoms with E-state index < -0.39 is 0 Å². The van der Waals surface area contributed by atoms with E-state index in [0.29, 0.717) is 12.2 Å². The molecule has 0 aliphatic rings. The molecule has 18 heavy (non-hydrogen) atoms. The van der Waals surface area contributed by atoms with E-state index in [-0.39, 0.29) is 24.5 Å². The molecule has 0 spiro atoms. The Kier molecular flexibility index (Phi) is 5.34. The van der Waals surface area contributed by atoms with Crippen molar-refractivity contribution >= 4 is 5.91 Å². The van der Waals surface area contributed by atoms with Crippen LogP contribution in [-0.2, 0) is 13.0 Å². The number of hydrogen-bond acceptors (Lipinski definition) is 3. The van der Waals surface area contributed by atoms with Crippen molar-refractivity contribution in [2.24, 2.45) is 5.92 Å². The molecule has 1 aromatic heterocycles. The minimum atomic E-state index is -0.220. The summed E-state index contributed by atoms with van der Waals surface area (Å²) in [6.07, 6.45) is 0.806. The molecule has 0 fully saturated rings. The highest BCUT2D eigenvalue weighted by molar-refractivity contribution is 5.92. The monoisotopic (exact) mass is 253 g/mol. The van der Waals surface area contributed by atoms with Gasteiger partial charge in [0.05, 0.1) is 18.3 Å². The minimum Gasteiger partial charge on any atom is -0.394 e. The summed E-state index contributed by atoms with van der Waals surface area (Å²) >= 11 is 0. The maximum Gasteiger partial charge on any atom is 0.269 e. The molecule has 0 bridgehead atoms. The summed E-state index contributed by atoms with van der Waals surface area (Å²) in [5.74, 6) is 0.0272. The first-order valence-electron chi connectivity index (χ1n) is 6.51. The molecule has 0 radical (unpaired) electrons. The van der Waals surface area contributed by atoms with Crippen LogP contribution >= 0.6 is 0 Å². The summed E-state index contributed by atoms with van der Waals surface area (Å²) < 4.78 is 1.70. The molecule has 0 saturated heterocycles. The van der Waals surface area contributed by atoms with Crippen molar-refractivity contribution in [2.75, 3.05) is 6.61 Å². The van der Waals surface area contributed by atoms with E-state index in [0.717, 1.165) is 12.1 Å². The first-order valence-corrected chi connectivity index (χ1v) is 6.51. The number of amides is 1. The van der Waals surface area contributed by atoms with E-state index >= 15 is 0 Å². The molecule has 1 atom stereocenters. The van der Waals surface area contributed by atoms with Crippen molar-refractivity contribution in [2.45, 2.75) is 46.7 Å². The maximum absolute atomic E-state index is 12.1. The third-order valence-corrected chi connectivity index (χ3v) is 3.04. The lowest BCUT2D eigenvalue weighted by molar-refractivity contribution is 0.0886. The Morgan fingerprint density at radius 2 is 2.17 bits per heavy atom. The van der Waals surface area contributed by atoms with Gasteiger partial charge in [-0.15, -0.1) is 0 Å². The number of carbonyl (C=O) groups excluding carboxylic acids is 1. The molecule has 5 heteroatoms. The zero-order valence-electron chi connectivity index (χ0n) is 11.6. The smallest absolute Gasteiger partial charge is 0.269 e. The Morgan fingerprint density at radius 3 is 2.61 bits per heavy atom. The van der Waals surface area contributed by atoms with Crippen LogP contribution in [-0.4, -0.2) is 33.4 Å². The summed E-state index contributed by atoms with van der Waals surface area (Å²) in [7, 11) is 0. The highest BCUT2D eigenvalue weighted by atomic mass is 16.3. The molecule has 0 aliphatic heterocycles. The third kappa shape index (κ3) is 3.32. The molecule has 1 unspecified atom stereocenters. The second kappa shape index (κ2) is 6.54. The van der Waals surface area contributed by atoms with Gasteiger partial charge < -0.3 is 10.4 Å². The van der Waals surface area contributed by atoms with Crippen LogP contribution in [0, 0.1) is 5.92 Å². The Hall–Kier alpha value is -1.36. The van der Waals surface area contributed by atoms with Gasteiger partial charge in [0, 0.05) is 6.54 Å². The van der Waals surface area contributed by atoms with Crippen LogP contribution in [0.3, 0.4) is 0 Å². The van der Waals surface area contributed by atoms with Gasteiger partial charge in [-0.1, -0.05) is 20.8 Å². The number of nitrogens with zero attached hydrogens (tertiary/aromatic N) is 2. The van der Waals surface area contributed by atoms with Gasteiger partial charge in [0.1, 0.15) is 5.69 Å². The summed E-state index contributed by atoms with van der Waals surface area (Å²) in [6.45, 7) is 8.51. The predicted molar refractivity (Wildman–Crippen MR) is 70.5 cm³/mol. The summed E-state index contributed by atoms with van der Waals surface area (Å²) in [4.78, 5) is 12.1. The average molecular weight is 253 g/mol. The quantitative estimate of drug-likeness (QED) is 0.801. The fourth-order valence-corrected chi connectivity index (χ4v) is 1.73. The highest BCUT2D eigenvalue weighted by Crippen LogP contribution is 2.08. The largest absolute Gasteiger partial charge is 0.394 e. The number of aromatic nitrogens is 2. The standard InChI is InChI=1S/C13H23N3O2/c1-5-10-7-12(16(6-2)15-10)13(18)14-11(8-17)9(3)4/h7,9,11,17H,5-6,8H2,1-4H3,(H,14,18). The Balaban J connectivity index is 2.86. The first kappa shape index (κ1) is 14.7. The van der Waals surface area contributed by atoms with Crippen LogP contribution in [0.25, 0.3) is 0 Å². The lowest BCUT2D eigenvalue weighted by atomic mass is 10.1. The third-order valence-electron chi connectivity index (χ3n) is 3.04. The molecule has 0 aromatic carbocycles. The summed E-state index contributed by atoms with van der Waals surface area (Å²) in [6, 6.07) is 1.59. The van der Waals surface area contributed by atoms with Gasteiger partial charge in [-0.25, -0.2) is 0 Å². The van der Waals surface area contributed by atoms with Gasteiger partial charge in [0.25, 0.3) is 5.91 Å². The SMILES string of the molecule is CCc1cc(C(=O)NC(CO)C(C)C)n(CC)n1. The summed E-state index contributed by atoms with van der Waals surface area (Å²) in [5.41, 5.74) is 1.47. The molecule has 1 aromatic rings. The number of carbonyl (C=O) groups is 1. The van der Waals surface area contributed by atoms with Crippen LogP contribution in [0.2, 0.25) is 0 Å². The molecule has 0 aliphatic carbocycles. The normalized spacial score (nSPS) is 12.8. The van der Waals surface area contributed by atoms with Crippen LogP contribution in [0.1, 0.15) is 43.9 Å². The number of aryl methyl sites for hydroxylation is 2. The van der Waals surface area contributed by atoms with E-state index in [1.807, 2.05) is 33.8 Å². The van der Waals surface area contributed by atoms with Crippen LogP contribution < -0.4 is 5.32 Å². The maximum atomic E-state index is 12.1. The molecule has 1 rings (SSSR count). The topological polar surface area (TPSA) is 67.2 Å². The fourth-order valence-electron chi connectivity index (χ4n) is 1.73. The number of aliphatic hydroxyl groups excluding tert-OH is 1. The number of hydrogen-bond donors (Lipinski definition) is 2. The molecule has 5 nitrogen and oxygen atoms in total. The van der Waals surface area contributed by atoms with Gasteiger partial charge >= 0.3 is 0 Å². The van der Waals surface area contributed by atoms with Crippen molar-refractivity contribution in [3.63, 3.8) is 0 Å². The number of rotatable bonds is 6. The van der Waals surface area contributed by atoms with Crippen molar-refractivity contribution < 1.29 is 9.90 Å². The van der Waals surface area contributed by atoms with E-state index in [9.17, 15) is 9.90 Å². The van der Waals surface area contributed by atoms with Gasteiger partial charge in [-0.2, -0.15) is 5.10 Å². The van der Waals surface area contributed by atoms with Crippen LogP contribution in [0.4, 0.5) is 0 Å². The predicted octanol–water partition coefficient (Wildman–Crippen LogP) is 1.21. The lowest BCUT2D eigenvalue weighted by Crippen LogP contribution is -2.41. The molecular formula is C13H23N3O2. The molecular weight excluding hydrogens is 230 g/mol. The molecule has 1 amide bonds. The van der Waals surface area contributed by atoms with E-state index in [1.54, 1.807) is 4.68 Å². The Labute approximate surface area is 108 Å². The van der Waals surface area contributed by atoms with Crippen molar-refractivity contribution in [3.8, 4) is 0 Å². The van der Waals surface area contributed by atoms with Crippen LogP contribution in [0.5, 0.6) is 0 Å². The zero-order valence-corrected chi connectivity index (χ0v) is 11.6. The first-order chi connectivity index (χ1) is 8.53. The molecule has 0 saturated carbocycles. The van der Waals surface area contributed by atoms with Crippen molar-refractivity contribution in [1.82, 2.24) is 15.1 Å². The Morgan fingerprint density at radius 1 is 1.50 bits per heavy atom. The zero-order chi connectivity index (χ0) is 13.7. The highest BCUT2D eigenvalue weighted by Gasteiger charge is 2.19. The van der Waals surface area contributed by atoms with Gasteiger partial charge in [0.2, 0.25) is 0 Å².